The van der Waals surface area contributed by atoms with Gasteiger partial charge in [0.05, 0.1) is 0 Å². The zero-order chi connectivity index (χ0) is 13.1. The van der Waals surface area contributed by atoms with E-state index in [-0.39, 0.29) is 43.3 Å². The van der Waals surface area contributed by atoms with Gasteiger partial charge >= 0.3 is 35.6 Å². The van der Waals surface area contributed by atoms with Crippen molar-refractivity contribution < 1.29 is 45.4 Å². The first-order valence-corrected chi connectivity index (χ1v) is 5.76. The Labute approximate surface area is 131 Å². The van der Waals surface area contributed by atoms with Gasteiger partial charge in [-0.2, -0.15) is 0 Å². The summed E-state index contributed by atoms with van der Waals surface area (Å²) in [7, 11) is 0. The average Bonchev–Trinajstić information content (AvgIpc) is 2.23. The minimum absolute atomic E-state index is 0. The molecule has 0 aromatic carbocycles. The van der Waals surface area contributed by atoms with Crippen LogP contribution in [0.2, 0.25) is 0 Å². The van der Waals surface area contributed by atoms with Crippen LogP contribution in [0.25, 0.3) is 0 Å². The van der Waals surface area contributed by atoms with Crippen molar-refractivity contribution in [2.24, 2.45) is 11.3 Å². The molecular weight excluding hydrogens is 243 g/mol. The molecule has 1 aliphatic rings. The molecule has 1 unspecified atom stereocenters. The average molecular weight is 262 g/mol. The normalized spacial score (nSPS) is 19.3. The van der Waals surface area contributed by atoms with Gasteiger partial charge < -0.3 is 1.43 Å². The van der Waals surface area contributed by atoms with Gasteiger partial charge in [-0.3, -0.25) is 20.2 Å². The number of barbiturate groups is 1. The zero-order valence-electron chi connectivity index (χ0n) is 12.2. The standard InChI is InChI=1S/C12H18N2O3.Na.H/c1-4-6-8(3)12(7-5-2)9(15)13-11(17)14-10(12)16;;/h5,8H,2,4,6-7H2,1,3H3,(H2,13,14,15,16,17);;/q;+1;-1. The molecule has 2 N–H and O–H groups in total. The summed E-state index contributed by atoms with van der Waals surface area (Å²) in [5.41, 5.74) is -1.20. The first kappa shape index (κ1) is 17.4. The SMILES string of the molecule is C=CCC1(C(C)CCC)C(=O)NC(=O)NC1=O.[H-].[Na+]. The van der Waals surface area contributed by atoms with E-state index in [1.165, 1.54) is 0 Å². The molecule has 1 saturated heterocycles. The molecule has 1 aliphatic heterocycles. The first-order chi connectivity index (χ1) is 7.98. The van der Waals surface area contributed by atoms with Crippen LogP contribution in [0.5, 0.6) is 0 Å². The third-order valence-electron chi connectivity index (χ3n) is 3.29. The van der Waals surface area contributed by atoms with Crippen molar-refractivity contribution in [1.29, 1.82) is 0 Å². The summed E-state index contributed by atoms with van der Waals surface area (Å²) in [5.74, 6) is -1.18. The van der Waals surface area contributed by atoms with E-state index in [4.69, 9.17) is 0 Å². The summed E-state index contributed by atoms with van der Waals surface area (Å²) in [6.45, 7) is 7.42. The number of carbonyl (C=O) groups is 3. The van der Waals surface area contributed by atoms with Gasteiger partial charge in [0.1, 0.15) is 5.41 Å². The van der Waals surface area contributed by atoms with E-state index in [1.807, 2.05) is 13.8 Å². The van der Waals surface area contributed by atoms with Gasteiger partial charge in [0, 0.05) is 0 Å². The smallest absolute Gasteiger partial charge is 1.00 e. The van der Waals surface area contributed by atoms with Crippen LogP contribution < -0.4 is 40.2 Å². The van der Waals surface area contributed by atoms with E-state index < -0.39 is 23.3 Å². The molecule has 0 radical (unpaired) electrons. The Kier molecular flexibility index (Phi) is 6.81. The number of hydrogen-bond acceptors (Lipinski definition) is 3. The van der Waals surface area contributed by atoms with E-state index in [1.54, 1.807) is 6.08 Å². The minimum atomic E-state index is -1.20. The van der Waals surface area contributed by atoms with E-state index in [0.717, 1.165) is 12.8 Å². The summed E-state index contributed by atoms with van der Waals surface area (Å²) < 4.78 is 0. The molecule has 0 saturated carbocycles. The monoisotopic (exact) mass is 262 g/mol. The van der Waals surface area contributed by atoms with Crippen molar-refractivity contribution in [2.75, 3.05) is 0 Å². The van der Waals surface area contributed by atoms with E-state index >= 15 is 0 Å². The summed E-state index contributed by atoms with van der Waals surface area (Å²) in [6, 6.07) is -0.747. The quantitative estimate of drug-likeness (QED) is 0.358. The number of nitrogens with one attached hydrogen (secondary N) is 2. The van der Waals surface area contributed by atoms with Gasteiger partial charge in [-0.1, -0.05) is 26.3 Å². The summed E-state index contributed by atoms with van der Waals surface area (Å²) in [6.07, 6.45) is 3.39. The van der Waals surface area contributed by atoms with Crippen LogP contribution in [-0.2, 0) is 9.59 Å². The molecule has 1 heterocycles. The van der Waals surface area contributed by atoms with Crippen molar-refractivity contribution in [3.8, 4) is 0 Å². The minimum Gasteiger partial charge on any atom is -1.00 e. The molecule has 96 valence electrons. The van der Waals surface area contributed by atoms with Crippen LogP contribution in [0, 0.1) is 11.3 Å². The van der Waals surface area contributed by atoms with Gasteiger partial charge in [-0.15, -0.1) is 6.58 Å². The second-order valence-corrected chi connectivity index (χ2v) is 4.39. The molecule has 1 fully saturated rings. The third-order valence-corrected chi connectivity index (χ3v) is 3.29. The summed E-state index contributed by atoms with van der Waals surface area (Å²) in [5, 5.41) is 4.33. The molecule has 0 aliphatic carbocycles. The van der Waals surface area contributed by atoms with Gasteiger partial charge in [0.25, 0.3) is 0 Å². The molecule has 4 amide bonds. The van der Waals surface area contributed by atoms with Crippen molar-refractivity contribution in [3.05, 3.63) is 12.7 Å². The predicted octanol–water partition coefficient (Wildman–Crippen LogP) is -1.53. The molecular formula is C12H19N2NaO3. The van der Waals surface area contributed by atoms with Gasteiger partial charge in [0.15, 0.2) is 0 Å². The number of allylic oxidation sites excluding steroid dienone is 1. The van der Waals surface area contributed by atoms with Crippen molar-refractivity contribution in [1.82, 2.24) is 10.6 Å². The van der Waals surface area contributed by atoms with Crippen LogP contribution in [-0.4, -0.2) is 17.8 Å². The van der Waals surface area contributed by atoms with Crippen molar-refractivity contribution >= 4 is 17.8 Å². The fraction of sp³-hybridized carbons (Fsp3) is 0.583. The predicted molar refractivity (Wildman–Crippen MR) is 64.1 cm³/mol. The molecule has 1 atom stereocenters. The van der Waals surface area contributed by atoms with Crippen LogP contribution in [0.4, 0.5) is 4.79 Å². The van der Waals surface area contributed by atoms with E-state index in [0.29, 0.717) is 0 Å². The third kappa shape index (κ3) is 3.02. The maximum Gasteiger partial charge on any atom is 1.00 e. The van der Waals surface area contributed by atoms with Crippen LogP contribution >= 0.6 is 0 Å². The Bertz CT molecular complexity index is 354. The first-order valence-electron chi connectivity index (χ1n) is 5.76. The molecule has 6 heteroatoms. The number of amides is 4. The van der Waals surface area contributed by atoms with Crippen molar-refractivity contribution in [3.63, 3.8) is 0 Å². The molecule has 0 spiro atoms. The number of rotatable bonds is 5. The number of carbonyl (C=O) groups excluding carboxylic acids is 3. The number of imide groups is 2. The molecule has 0 aromatic heterocycles. The summed E-state index contributed by atoms with van der Waals surface area (Å²) in [4.78, 5) is 35.1. The Morgan fingerprint density at radius 3 is 2.22 bits per heavy atom. The largest absolute Gasteiger partial charge is 1.00 e. The number of urea groups is 1. The van der Waals surface area contributed by atoms with Gasteiger partial charge in [0.2, 0.25) is 11.8 Å². The molecule has 0 aromatic rings. The molecule has 5 nitrogen and oxygen atoms in total. The van der Waals surface area contributed by atoms with E-state index in [9.17, 15) is 14.4 Å². The second kappa shape index (κ2) is 7.07. The number of hydrogen-bond donors (Lipinski definition) is 2. The van der Waals surface area contributed by atoms with Crippen LogP contribution in [0.15, 0.2) is 12.7 Å². The zero-order valence-corrected chi connectivity index (χ0v) is 13.2. The van der Waals surface area contributed by atoms with Gasteiger partial charge in [-0.25, -0.2) is 4.79 Å². The maximum atomic E-state index is 12.0. The van der Waals surface area contributed by atoms with Crippen molar-refractivity contribution in [2.45, 2.75) is 33.1 Å². The van der Waals surface area contributed by atoms with Crippen LogP contribution in [0.1, 0.15) is 34.5 Å². The topological polar surface area (TPSA) is 75.3 Å². The Morgan fingerprint density at radius 2 is 1.83 bits per heavy atom. The second-order valence-electron chi connectivity index (χ2n) is 4.39. The summed E-state index contributed by atoms with van der Waals surface area (Å²) >= 11 is 0. The molecule has 1 rings (SSSR count). The maximum absolute atomic E-state index is 12.0. The van der Waals surface area contributed by atoms with Gasteiger partial charge in [-0.05, 0) is 18.8 Å². The Balaban J connectivity index is 0. The Morgan fingerprint density at radius 1 is 1.33 bits per heavy atom. The Hall–Kier alpha value is -0.650. The van der Waals surface area contributed by atoms with E-state index in [2.05, 4.69) is 17.2 Å². The van der Waals surface area contributed by atoms with Crippen LogP contribution in [0.3, 0.4) is 0 Å². The fourth-order valence-corrected chi connectivity index (χ4v) is 2.30. The molecule has 0 bridgehead atoms. The molecule has 18 heavy (non-hydrogen) atoms. The fourth-order valence-electron chi connectivity index (χ4n) is 2.30.